The molecule has 2 heteroatoms. The molecule has 2 rings (SSSR count). The first-order chi connectivity index (χ1) is 5.24. The van der Waals surface area contributed by atoms with E-state index in [2.05, 4.69) is 28.1 Å². The average Bonchev–Trinajstić information content (AvgIpc) is 2.28. The fourth-order valence-corrected chi connectivity index (χ4v) is 3.07. The van der Waals surface area contributed by atoms with Crippen LogP contribution in [-0.2, 0) is 0 Å². The van der Waals surface area contributed by atoms with Crippen molar-refractivity contribution in [3.05, 3.63) is 0 Å². The highest BCUT2D eigenvalue weighted by molar-refractivity contribution is 6.08. The fourth-order valence-electron chi connectivity index (χ4n) is 2.81. The molecule has 0 N–H and O–H groups in total. The summed E-state index contributed by atoms with van der Waals surface area (Å²) in [6, 6.07) is 0. The van der Waals surface area contributed by atoms with Crippen LogP contribution in [0.25, 0.3) is 0 Å². The van der Waals surface area contributed by atoms with Crippen molar-refractivity contribution in [3.63, 3.8) is 0 Å². The highest BCUT2D eigenvalue weighted by Gasteiger charge is 2.45. The van der Waals surface area contributed by atoms with Gasteiger partial charge in [0, 0.05) is 13.1 Å². The van der Waals surface area contributed by atoms with Gasteiger partial charge in [-0.05, 0) is 24.2 Å². The Bertz CT molecular complexity index is 152. The lowest BCUT2D eigenvalue weighted by Crippen LogP contribution is -2.55. The van der Waals surface area contributed by atoms with Gasteiger partial charge in [-0.3, -0.25) is 0 Å². The molecule has 0 aromatic heterocycles. The largest absolute Gasteiger partial charge is 0.318 e. The van der Waals surface area contributed by atoms with Gasteiger partial charge in [-0.1, -0.05) is 18.8 Å². The molecule has 1 saturated carbocycles. The number of hydrogen-bond acceptors (Lipinski definition) is 1. The first-order valence-corrected chi connectivity index (χ1v) is 5.48. The third-order valence-electron chi connectivity index (χ3n) is 3.33. The van der Waals surface area contributed by atoms with Crippen LogP contribution >= 0.6 is 0 Å². The minimum absolute atomic E-state index is 0.774. The molecule has 1 heterocycles. The topological polar surface area (TPSA) is 3.24 Å². The highest BCUT2D eigenvalue weighted by atomic mass is 27.0. The van der Waals surface area contributed by atoms with E-state index in [-0.39, 0.29) is 0 Å². The maximum absolute atomic E-state index is 2.82. The predicted molar refractivity (Wildman–Crippen MR) is 47.6 cm³/mol. The molecule has 0 amide bonds. The summed E-state index contributed by atoms with van der Waals surface area (Å²) in [4.78, 5) is 2.53. The second-order valence-electron chi connectivity index (χ2n) is 4.52. The van der Waals surface area contributed by atoms with E-state index in [1.807, 2.05) is 0 Å². The van der Waals surface area contributed by atoms with Crippen LogP contribution in [-0.4, -0.2) is 39.7 Å². The maximum Gasteiger partial charge on any atom is 0.143 e. The Morgan fingerprint density at radius 1 is 1.55 bits per heavy atom. The van der Waals surface area contributed by atoms with Crippen molar-refractivity contribution in [2.45, 2.75) is 26.2 Å². The summed E-state index contributed by atoms with van der Waals surface area (Å²) in [7, 11) is 0. The van der Waals surface area contributed by atoms with Gasteiger partial charge in [-0.15, -0.1) is 0 Å². The molecule has 1 aliphatic carbocycles. The van der Waals surface area contributed by atoms with Gasteiger partial charge >= 0.3 is 0 Å². The van der Waals surface area contributed by atoms with Crippen LogP contribution in [0.2, 0.25) is 0 Å². The maximum atomic E-state index is 2.82. The van der Waals surface area contributed by atoms with E-state index in [1.165, 1.54) is 37.8 Å². The zero-order chi connectivity index (χ0) is 7.90. The van der Waals surface area contributed by atoms with Gasteiger partial charge in [0.05, 0.1) is 0 Å². The molecule has 1 spiro atoms. The quantitative estimate of drug-likeness (QED) is 0.528. The van der Waals surface area contributed by atoms with Gasteiger partial charge in [0.2, 0.25) is 0 Å². The summed E-state index contributed by atoms with van der Waals surface area (Å²) in [5.74, 6) is 1.00. The molecule has 60 valence electrons. The van der Waals surface area contributed by atoms with Crippen LogP contribution in [0.1, 0.15) is 26.2 Å². The fraction of sp³-hybridized carbons (Fsp3) is 1.00. The Hall–Kier alpha value is 0.492. The molecule has 2 fully saturated rings. The Morgan fingerprint density at radius 3 is 2.73 bits per heavy atom. The summed E-state index contributed by atoms with van der Waals surface area (Å²) >= 11 is 2.82. The summed E-state index contributed by atoms with van der Waals surface area (Å²) in [5.41, 5.74) is 0.774. The lowest BCUT2D eigenvalue weighted by molar-refractivity contribution is 0.0188. The molecule has 0 bridgehead atoms. The van der Waals surface area contributed by atoms with E-state index in [0.717, 1.165) is 11.3 Å². The molecule has 2 radical (unpaired) electrons. The zero-order valence-electron chi connectivity index (χ0n) is 7.34. The molecule has 1 unspecified atom stereocenters. The third kappa shape index (κ3) is 1.37. The Morgan fingerprint density at radius 2 is 2.27 bits per heavy atom. The van der Waals surface area contributed by atoms with Crippen LogP contribution in [0, 0.1) is 11.3 Å². The number of hydrogen-bond donors (Lipinski definition) is 0. The van der Waals surface area contributed by atoms with Crippen LogP contribution in [0.15, 0.2) is 0 Å². The van der Waals surface area contributed by atoms with E-state index in [0.29, 0.717) is 0 Å². The zero-order valence-corrected chi connectivity index (χ0v) is 8.50. The summed E-state index contributed by atoms with van der Waals surface area (Å²) in [5, 5.41) is 1.18. The molecule has 1 aliphatic heterocycles. The average molecular weight is 165 g/mol. The summed E-state index contributed by atoms with van der Waals surface area (Å²) < 4.78 is 0. The normalized spacial score (nSPS) is 35.9. The molecule has 1 nitrogen and oxygen atoms in total. The van der Waals surface area contributed by atoms with Crippen molar-refractivity contribution in [2.75, 3.05) is 18.5 Å². The summed E-state index contributed by atoms with van der Waals surface area (Å²) in [6.45, 7) is 5.15. The van der Waals surface area contributed by atoms with Gasteiger partial charge in [0.1, 0.15) is 16.3 Å². The molecular formula is C9H16AlN. The van der Waals surface area contributed by atoms with E-state index in [4.69, 9.17) is 0 Å². The van der Waals surface area contributed by atoms with E-state index < -0.39 is 0 Å². The van der Waals surface area contributed by atoms with Crippen LogP contribution in [0.5, 0.6) is 0 Å². The first-order valence-electron chi connectivity index (χ1n) is 4.66. The molecule has 1 saturated heterocycles. The lowest BCUT2D eigenvalue weighted by Gasteiger charge is -2.48. The van der Waals surface area contributed by atoms with Crippen molar-refractivity contribution in [2.24, 2.45) is 11.3 Å². The Kier molecular flexibility index (Phi) is 2.04. The monoisotopic (exact) mass is 165 g/mol. The molecule has 0 aromatic carbocycles. The van der Waals surface area contributed by atoms with Gasteiger partial charge in [0.25, 0.3) is 0 Å². The van der Waals surface area contributed by atoms with E-state index in [1.54, 1.807) is 0 Å². The second-order valence-corrected chi connectivity index (χ2v) is 4.88. The first kappa shape index (κ1) is 8.11. The van der Waals surface area contributed by atoms with Crippen molar-refractivity contribution in [1.82, 2.24) is 4.90 Å². The number of rotatable bonds is 1. The van der Waals surface area contributed by atoms with Crippen molar-refractivity contribution in [1.29, 1.82) is 0 Å². The molecule has 11 heavy (non-hydrogen) atoms. The van der Waals surface area contributed by atoms with Crippen LogP contribution in [0.4, 0.5) is 0 Å². The third-order valence-corrected chi connectivity index (χ3v) is 3.84. The Labute approximate surface area is 77.6 Å². The van der Waals surface area contributed by atoms with E-state index >= 15 is 0 Å². The molecule has 0 aromatic rings. The van der Waals surface area contributed by atoms with Crippen LogP contribution < -0.4 is 0 Å². The number of nitrogens with zero attached hydrogens (tertiary/aromatic N) is 1. The minimum Gasteiger partial charge on any atom is -0.318 e. The molecule has 2 aliphatic rings. The SMILES string of the molecule is CC1CCC2(C1)CN([CH2][Al])C2. The van der Waals surface area contributed by atoms with Gasteiger partial charge in [-0.2, -0.15) is 0 Å². The minimum atomic E-state index is 0.774. The van der Waals surface area contributed by atoms with Gasteiger partial charge in [0.15, 0.2) is 0 Å². The van der Waals surface area contributed by atoms with Crippen molar-refractivity contribution < 1.29 is 0 Å². The molecular weight excluding hydrogens is 149 g/mol. The molecule has 1 atom stereocenters. The van der Waals surface area contributed by atoms with Crippen molar-refractivity contribution in [3.8, 4) is 0 Å². The van der Waals surface area contributed by atoms with Gasteiger partial charge < -0.3 is 4.90 Å². The number of likely N-dealkylation sites (tertiary alicyclic amines) is 1. The van der Waals surface area contributed by atoms with Crippen molar-refractivity contribution >= 4 is 16.3 Å². The van der Waals surface area contributed by atoms with Crippen LogP contribution in [0.3, 0.4) is 0 Å². The van der Waals surface area contributed by atoms with Gasteiger partial charge in [-0.25, -0.2) is 0 Å². The van der Waals surface area contributed by atoms with E-state index in [9.17, 15) is 0 Å². The Balaban J connectivity index is 1.87. The predicted octanol–water partition coefficient (Wildman–Crippen LogP) is 1.23. The lowest BCUT2D eigenvalue weighted by atomic mass is 9.78. The summed E-state index contributed by atoms with van der Waals surface area (Å²) in [6.07, 6.45) is 4.47. The smallest absolute Gasteiger partial charge is 0.143 e. The standard InChI is InChI=1S/C9H16N.Al/c1-8-3-4-9(5-8)6-10(2)7-9;/h8H,2-7H2,1H3;. The second kappa shape index (κ2) is 2.76. The highest BCUT2D eigenvalue weighted by Crippen LogP contribution is 2.47.